The minimum absolute atomic E-state index is 0.0900. The Morgan fingerprint density at radius 1 is 0.955 bits per heavy atom. The van der Waals surface area contributed by atoms with Crippen molar-refractivity contribution in [3.05, 3.63) is 44.8 Å². The molecule has 0 radical (unpaired) electrons. The first-order chi connectivity index (χ1) is 10.6. The molecule has 0 aliphatic heterocycles. The maximum atomic E-state index is 12.4. The predicted molar refractivity (Wildman–Crippen MR) is 89.0 cm³/mol. The molecule has 0 fully saturated rings. The molecule has 2 aromatic heterocycles. The highest BCUT2D eigenvalue weighted by Gasteiger charge is 2.15. The molecule has 0 aliphatic carbocycles. The first kappa shape index (κ1) is 16.7. The third kappa shape index (κ3) is 5.61. The Labute approximate surface area is 138 Å². The largest absolute Gasteiger partial charge is 0.481 e. The van der Waals surface area contributed by atoms with E-state index in [4.69, 9.17) is 5.11 Å². The van der Waals surface area contributed by atoms with E-state index in [1.54, 1.807) is 22.7 Å². The molecule has 2 aromatic rings. The van der Waals surface area contributed by atoms with Gasteiger partial charge in [-0.1, -0.05) is 12.1 Å². The van der Waals surface area contributed by atoms with Crippen molar-refractivity contribution in [2.45, 2.75) is 38.8 Å². The minimum atomic E-state index is -0.804. The minimum Gasteiger partial charge on any atom is -0.481 e. The normalized spacial score (nSPS) is 10.5. The Morgan fingerprint density at radius 3 is 1.95 bits per heavy atom. The van der Waals surface area contributed by atoms with Crippen molar-refractivity contribution >= 4 is 34.6 Å². The van der Waals surface area contributed by atoms with E-state index in [2.05, 4.69) is 0 Å². The lowest BCUT2D eigenvalue weighted by Gasteiger charge is -2.21. The van der Waals surface area contributed by atoms with E-state index in [9.17, 15) is 9.59 Å². The highest BCUT2D eigenvalue weighted by atomic mass is 32.1. The molecule has 0 saturated carbocycles. The fourth-order valence-electron chi connectivity index (χ4n) is 2.12. The van der Waals surface area contributed by atoms with Crippen LogP contribution in [0.4, 0.5) is 0 Å². The van der Waals surface area contributed by atoms with Crippen molar-refractivity contribution in [3.8, 4) is 0 Å². The molecular weight excluding hydrogens is 318 g/mol. The molecule has 0 bridgehead atoms. The number of nitrogens with zero attached hydrogens (tertiary/aromatic N) is 1. The zero-order valence-electron chi connectivity index (χ0n) is 12.2. The van der Waals surface area contributed by atoms with Crippen molar-refractivity contribution < 1.29 is 14.7 Å². The molecular formula is C16H19NO3S2. The molecule has 0 unspecified atom stereocenters. The first-order valence-electron chi connectivity index (χ1n) is 7.19. The van der Waals surface area contributed by atoms with Gasteiger partial charge >= 0.3 is 5.97 Å². The zero-order valence-corrected chi connectivity index (χ0v) is 13.9. The van der Waals surface area contributed by atoms with Crippen LogP contribution < -0.4 is 0 Å². The van der Waals surface area contributed by atoms with Gasteiger partial charge in [0.1, 0.15) is 0 Å². The first-order valence-corrected chi connectivity index (χ1v) is 8.95. The summed E-state index contributed by atoms with van der Waals surface area (Å²) < 4.78 is 0. The van der Waals surface area contributed by atoms with Gasteiger partial charge in [0.05, 0.1) is 13.1 Å². The second-order valence-electron chi connectivity index (χ2n) is 5.01. The second-order valence-corrected chi connectivity index (χ2v) is 7.07. The lowest BCUT2D eigenvalue weighted by Crippen LogP contribution is -2.29. The second kappa shape index (κ2) is 8.70. The van der Waals surface area contributed by atoms with Crippen LogP contribution in [0, 0.1) is 0 Å². The summed E-state index contributed by atoms with van der Waals surface area (Å²) in [7, 11) is 0. The molecule has 6 heteroatoms. The molecule has 1 amide bonds. The number of aliphatic carboxylic acids is 1. The molecule has 22 heavy (non-hydrogen) atoms. The summed E-state index contributed by atoms with van der Waals surface area (Å²) in [6, 6.07) is 8.04. The van der Waals surface area contributed by atoms with E-state index in [1.165, 1.54) is 0 Å². The van der Waals surface area contributed by atoms with Gasteiger partial charge in [-0.3, -0.25) is 9.59 Å². The Balaban J connectivity index is 1.90. The SMILES string of the molecule is O=C(O)CCCCC(=O)N(Cc1cccs1)Cc1cccs1. The van der Waals surface area contributed by atoms with Gasteiger partial charge < -0.3 is 10.0 Å². The number of rotatable bonds is 9. The van der Waals surface area contributed by atoms with E-state index in [0.29, 0.717) is 32.4 Å². The number of carbonyl (C=O) groups is 2. The van der Waals surface area contributed by atoms with Crippen LogP contribution in [0.5, 0.6) is 0 Å². The van der Waals surface area contributed by atoms with E-state index >= 15 is 0 Å². The number of carboxylic acids is 1. The Hall–Kier alpha value is -1.66. The van der Waals surface area contributed by atoms with Crippen LogP contribution in [0.1, 0.15) is 35.4 Å². The van der Waals surface area contributed by atoms with Crippen LogP contribution in [0.25, 0.3) is 0 Å². The monoisotopic (exact) mass is 337 g/mol. The molecule has 118 valence electrons. The van der Waals surface area contributed by atoms with Crippen LogP contribution in [-0.2, 0) is 22.7 Å². The van der Waals surface area contributed by atoms with Crippen molar-refractivity contribution in [1.29, 1.82) is 0 Å². The quantitative estimate of drug-likeness (QED) is 0.704. The maximum Gasteiger partial charge on any atom is 0.303 e. The Kier molecular flexibility index (Phi) is 6.61. The average molecular weight is 337 g/mol. The molecule has 4 nitrogen and oxygen atoms in total. The third-order valence-electron chi connectivity index (χ3n) is 3.24. The van der Waals surface area contributed by atoms with Crippen molar-refractivity contribution in [2.75, 3.05) is 0 Å². The summed E-state index contributed by atoms with van der Waals surface area (Å²) in [5.74, 6) is -0.714. The highest BCUT2D eigenvalue weighted by Crippen LogP contribution is 2.18. The summed E-state index contributed by atoms with van der Waals surface area (Å²) in [6.07, 6.45) is 1.70. The number of hydrogen-bond acceptors (Lipinski definition) is 4. The number of thiophene rings is 2. The van der Waals surface area contributed by atoms with Crippen LogP contribution in [0.3, 0.4) is 0 Å². The van der Waals surface area contributed by atoms with E-state index in [1.807, 2.05) is 39.9 Å². The molecule has 0 aliphatic rings. The molecule has 0 atom stereocenters. The summed E-state index contributed by atoms with van der Waals surface area (Å²) in [4.78, 5) is 27.1. The average Bonchev–Trinajstić information content (AvgIpc) is 3.16. The van der Waals surface area contributed by atoms with E-state index in [-0.39, 0.29) is 12.3 Å². The van der Waals surface area contributed by atoms with Crippen molar-refractivity contribution in [1.82, 2.24) is 4.90 Å². The summed E-state index contributed by atoms with van der Waals surface area (Å²) >= 11 is 3.29. The van der Waals surface area contributed by atoms with Crippen molar-refractivity contribution in [3.63, 3.8) is 0 Å². The highest BCUT2D eigenvalue weighted by molar-refractivity contribution is 7.10. The van der Waals surface area contributed by atoms with Gasteiger partial charge in [0.25, 0.3) is 0 Å². The number of unbranched alkanes of at least 4 members (excludes halogenated alkanes) is 1. The number of hydrogen-bond donors (Lipinski definition) is 1. The van der Waals surface area contributed by atoms with Crippen LogP contribution in [-0.4, -0.2) is 21.9 Å². The fourth-order valence-corrected chi connectivity index (χ4v) is 3.56. The van der Waals surface area contributed by atoms with Gasteiger partial charge in [-0.15, -0.1) is 22.7 Å². The maximum absolute atomic E-state index is 12.4. The molecule has 2 rings (SSSR count). The van der Waals surface area contributed by atoms with Gasteiger partial charge in [0, 0.05) is 22.6 Å². The Morgan fingerprint density at radius 2 is 1.50 bits per heavy atom. The topological polar surface area (TPSA) is 57.6 Å². The molecule has 0 aromatic carbocycles. The van der Waals surface area contributed by atoms with Gasteiger partial charge in [0.15, 0.2) is 0 Å². The molecule has 2 heterocycles. The zero-order chi connectivity index (χ0) is 15.8. The van der Waals surface area contributed by atoms with Gasteiger partial charge in [-0.2, -0.15) is 0 Å². The Bertz CT molecular complexity index is 542. The van der Waals surface area contributed by atoms with Crippen molar-refractivity contribution in [2.24, 2.45) is 0 Å². The van der Waals surface area contributed by atoms with Crippen LogP contribution in [0.2, 0.25) is 0 Å². The van der Waals surface area contributed by atoms with Crippen LogP contribution >= 0.6 is 22.7 Å². The predicted octanol–water partition coefficient (Wildman–Crippen LogP) is 3.98. The summed E-state index contributed by atoms with van der Waals surface area (Å²) in [5, 5.41) is 12.7. The smallest absolute Gasteiger partial charge is 0.303 e. The number of amides is 1. The lowest BCUT2D eigenvalue weighted by atomic mass is 10.1. The van der Waals surface area contributed by atoms with Gasteiger partial charge in [0.2, 0.25) is 5.91 Å². The number of carbonyl (C=O) groups excluding carboxylic acids is 1. The van der Waals surface area contributed by atoms with Gasteiger partial charge in [-0.05, 0) is 35.7 Å². The van der Waals surface area contributed by atoms with E-state index < -0.39 is 5.97 Å². The lowest BCUT2D eigenvalue weighted by molar-refractivity contribution is -0.137. The third-order valence-corrected chi connectivity index (χ3v) is 4.96. The summed E-state index contributed by atoms with van der Waals surface area (Å²) in [5.41, 5.74) is 0. The van der Waals surface area contributed by atoms with Crippen LogP contribution in [0.15, 0.2) is 35.0 Å². The molecule has 0 saturated heterocycles. The standard InChI is InChI=1S/C16H19NO3S2/c18-15(7-1-2-8-16(19)20)17(11-13-5-3-9-21-13)12-14-6-4-10-22-14/h3-6,9-10H,1-2,7-8,11-12H2,(H,19,20). The molecule has 1 N–H and O–H groups in total. The van der Waals surface area contributed by atoms with Gasteiger partial charge in [-0.25, -0.2) is 0 Å². The molecule has 0 spiro atoms. The number of carboxylic acid groups (broad SMARTS) is 1. The fraction of sp³-hybridized carbons (Fsp3) is 0.375. The van der Waals surface area contributed by atoms with E-state index in [0.717, 1.165) is 9.75 Å². The summed E-state index contributed by atoms with van der Waals surface area (Å²) in [6.45, 7) is 1.24.